The van der Waals surface area contributed by atoms with Crippen molar-refractivity contribution in [1.82, 2.24) is 4.57 Å². The number of rotatable bonds is 14. The van der Waals surface area contributed by atoms with Crippen LogP contribution in [0.15, 0.2) is 30.9 Å². The second-order valence-corrected chi connectivity index (χ2v) is 9.19. The first-order valence-corrected chi connectivity index (χ1v) is 12.6. The summed E-state index contributed by atoms with van der Waals surface area (Å²) in [5.41, 5.74) is 5.38. The third-order valence-electron chi connectivity index (χ3n) is 5.85. The second kappa shape index (κ2) is 15.9. The van der Waals surface area contributed by atoms with Crippen LogP contribution in [0.3, 0.4) is 0 Å². The van der Waals surface area contributed by atoms with E-state index in [-0.39, 0.29) is 0 Å². The van der Waals surface area contributed by atoms with Crippen molar-refractivity contribution >= 4 is 7.25 Å². The highest BCUT2D eigenvalue weighted by atomic mass is 19.5. The zero-order valence-electron chi connectivity index (χ0n) is 21.1. The molecule has 0 radical (unpaired) electrons. The fourth-order valence-electron chi connectivity index (χ4n) is 4.37. The van der Waals surface area contributed by atoms with Gasteiger partial charge in [-0.1, -0.05) is 88.8 Å². The van der Waals surface area contributed by atoms with Gasteiger partial charge < -0.3 is 17.3 Å². The van der Waals surface area contributed by atoms with E-state index in [1.54, 1.807) is 0 Å². The van der Waals surface area contributed by atoms with Crippen molar-refractivity contribution in [2.24, 2.45) is 0 Å². The molecule has 0 saturated heterocycles. The van der Waals surface area contributed by atoms with Crippen molar-refractivity contribution in [3.05, 3.63) is 47.5 Å². The first-order valence-electron chi connectivity index (χ1n) is 12.6. The van der Waals surface area contributed by atoms with E-state index in [0.717, 1.165) is 6.54 Å². The molecule has 1 aromatic heterocycles. The van der Waals surface area contributed by atoms with Crippen molar-refractivity contribution in [1.29, 1.82) is 0 Å². The van der Waals surface area contributed by atoms with E-state index < -0.39 is 7.25 Å². The summed E-state index contributed by atoms with van der Waals surface area (Å²) in [6, 6.07) is 4.55. The summed E-state index contributed by atoms with van der Waals surface area (Å²) >= 11 is 0. The molecule has 0 saturated carbocycles. The summed E-state index contributed by atoms with van der Waals surface area (Å²) in [4.78, 5) is 0. The summed E-state index contributed by atoms with van der Waals surface area (Å²) in [5.74, 6) is 0. The molecule has 1 heterocycles. The lowest BCUT2D eigenvalue weighted by atomic mass is 10.1. The predicted octanol–water partition coefficient (Wildman–Crippen LogP) is 8.69. The third-order valence-corrected chi connectivity index (χ3v) is 5.85. The Kier molecular flexibility index (Phi) is 14.1. The van der Waals surface area contributed by atoms with Gasteiger partial charge in [-0.15, -0.1) is 0 Å². The summed E-state index contributed by atoms with van der Waals surface area (Å²) in [7, 11) is -6.00. The molecular formula is C26H43BF4N2. The van der Waals surface area contributed by atoms with Crippen molar-refractivity contribution in [2.45, 2.75) is 111 Å². The number of hydrogen-bond acceptors (Lipinski definition) is 0. The first-order chi connectivity index (χ1) is 15.6. The molecule has 0 aliphatic heterocycles. The Hall–Kier alpha value is -1.79. The first kappa shape index (κ1) is 29.2. The molecule has 0 bridgehead atoms. The molecule has 0 unspecified atom stereocenters. The number of imidazole rings is 1. The molecule has 0 amide bonds. The van der Waals surface area contributed by atoms with Gasteiger partial charge >= 0.3 is 7.25 Å². The van der Waals surface area contributed by atoms with Crippen LogP contribution in [-0.2, 0) is 6.54 Å². The monoisotopic (exact) mass is 470 g/mol. The van der Waals surface area contributed by atoms with E-state index in [1.165, 1.54) is 99.4 Å². The van der Waals surface area contributed by atoms with Gasteiger partial charge in [0.05, 0.1) is 6.54 Å². The van der Waals surface area contributed by atoms with Crippen LogP contribution in [0.4, 0.5) is 17.3 Å². The number of nitrogens with zero attached hydrogens (tertiary/aromatic N) is 2. The summed E-state index contributed by atoms with van der Waals surface area (Å²) in [5, 5.41) is 0. The molecule has 7 heteroatoms. The molecule has 2 rings (SSSR count). The van der Waals surface area contributed by atoms with Gasteiger partial charge in [-0.25, -0.2) is 9.13 Å². The number of halogens is 4. The SMILES string of the molecule is CCCCCCCCCCCCCC[n+]1ccn(-c2c(C)cc(C)cc2C)c1.F[B-](F)(F)F. The maximum Gasteiger partial charge on any atom is 0.673 e. The molecule has 0 aliphatic carbocycles. The lowest BCUT2D eigenvalue weighted by Gasteiger charge is -2.07. The largest absolute Gasteiger partial charge is 0.673 e. The van der Waals surface area contributed by atoms with E-state index in [4.69, 9.17) is 0 Å². The van der Waals surface area contributed by atoms with Gasteiger partial charge in [-0.05, 0) is 44.7 Å². The lowest BCUT2D eigenvalue weighted by molar-refractivity contribution is -0.696. The Morgan fingerprint density at radius 2 is 1.15 bits per heavy atom. The van der Waals surface area contributed by atoms with Crippen molar-refractivity contribution in [2.75, 3.05) is 0 Å². The molecule has 0 aliphatic rings. The number of aromatic nitrogens is 2. The molecule has 0 atom stereocenters. The number of unbranched alkanes of at least 4 members (excludes halogenated alkanes) is 11. The van der Waals surface area contributed by atoms with Crippen molar-refractivity contribution in [3.8, 4) is 5.69 Å². The average Bonchev–Trinajstić information content (AvgIpc) is 3.15. The molecule has 0 N–H and O–H groups in total. The Balaban J connectivity index is 0.000000981. The molecule has 2 nitrogen and oxygen atoms in total. The van der Waals surface area contributed by atoms with Crippen LogP contribution in [0.5, 0.6) is 0 Å². The highest BCUT2D eigenvalue weighted by Gasteiger charge is 2.20. The zero-order chi connectivity index (χ0) is 24.7. The smallest absolute Gasteiger partial charge is 0.418 e. The molecule has 0 fully saturated rings. The minimum Gasteiger partial charge on any atom is -0.418 e. The summed E-state index contributed by atoms with van der Waals surface area (Å²) < 4.78 is 43.6. The van der Waals surface area contributed by atoms with Crippen LogP contribution in [0, 0.1) is 20.8 Å². The van der Waals surface area contributed by atoms with Gasteiger partial charge in [-0.2, -0.15) is 0 Å². The number of hydrogen-bond donors (Lipinski definition) is 0. The highest BCUT2D eigenvalue weighted by molar-refractivity contribution is 6.50. The van der Waals surface area contributed by atoms with Crippen LogP contribution in [0.1, 0.15) is 101 Å². The summed E-state index contributed by atoms with van der Waals surface area (Å²) in [6.45, 7) is 10.0. The van der Waals surface area contributed by atoms with Crippen LogP contribution in [-0.4, -0.2) is 11.8 Å². The van der Waals surface area contributed by atoms with E-state index >= 15 is 0 Å². The fraction of sp³-hybridized carbons (Fsp3) is 0.654. The molecular weight excluding hydrogens is 427 g/mol. The van der Waals surface area contributed by atoms with E-state index in [1.807, 2.05) is 0 Å². The predicted molar refractivity (Wildman–Crippen MR) is 131 cm³/mol. The van der Waals surface area contributed by atoms with Crippen molar-refractivity contribution in [3.63, 3.8) is 0 Å². The van der Waals surface area contributed by atoms with E-state index in [9.17, 15) is 17.3 Å². The molecule has 33 heavy (non-hydrogen) atoms. The van der Waals surface area contributed by atoms with Gasteiger partial charge in [0, 0.05) is 0 Å². The summed E-state index contributed by atoms with van der Waals surface area (Å²) in [6.07, 6.45) is 23.6. The minimum atomic E-state index is -6.00. The quantitative estimate of drug-likeness (QED) is 0.113. The van der Waals surface area contributed by atoms with Crippen molar-refractivity contribution < 1.29 is 21.8 Å². The molecule has 0 spiro atoms. The Bertz CT molecular complexity index is 758. The topological polar surface area (TPSA) is 8.81 Å². The number of benzene rings is 1. The fourth-order valence-corrected chi connectivity index (χ4v) is 4.37. The Labute approximate surface area is 198 Å². The normalized spacial score (nSPS) is 11.4. The van der Waals surface area contributed by atoms with Crippen LogP contribution < -0.4 is 4.57 Å². The second-order valence-electron chi connectivity index (χ2n) is 9.19. The standard InChI is InChI=1S/C26H43N2.BF4/c1-5-6-7-8-9-10-11-12-13-14-15-16-17-27-18-19-28(22-27)26-24(3)20-23(2)21-25(26)4;2-1(3,4)5/h18-22H,5-17H2,1-4H3;/q+1;-1. The van der Waals surface area contributed by atoms with E-state index in [2.05, 4.69) is 67.7 Å². The third kappa shape index (κ3) is 14.2. The molecule has 2 aromatic rings. The number of aryl methyl sites for hydroxylation is 4. The maximum atomic E-state index is 9.75. The zero-order valence-corrected chi connectivity index (χ0v) is 21.1. The maximum absolute atomic E-state index is 9.75. The van der Waals surface area contributed by atoms with E-state index in [0.29, 0.717) is 0 Å². The van der Waals surface area contributed by atoms with Crippen LogP contribution in [0.2, 0.25) is 0 Å². The Morgan fingerprint density at radius 3 is 1.61 bits per heavy atom. The van der Waals surface area contributed by atoms with Gasteiger partial charge in [-0.3, -0.25) is 0 Å². The highest BCUT2D eigenvalue weighted by Crippen LogP contribution is 2.20. The van der Waals surface area contributed by atoms with Gasteiger partial charge in [0.1, 0.15) is 18.1 Å². The van der Waals surface area contributed by atoms with Crippen LogP contribution >= 0.6 is 0 Å². The molecule has 1 aromatic carbocycles. The minimum absolute atomic E-state index is 1.13. The molecule has 188 valence electrons. The van der Waals surface area contributed by atoms with Gasteiger partial charge in [0.2, 0.25) is 6.33 Å². The Morgan fingerprint density at radius 1 is 0.727 bits per heavy atom. The van der Waals surface area contributed by atoms with Gasteiger partial charge in [0.25, 0.3) is 0 Å². The van der Waals surface area contributed by atoms with Gasteiger partial charge in [0.15, 0.2) is 0 Å². The lowest BCUT2D eigenvalue weighted by Crippen LogP contribution is -2.30. The average molecular weight is 470 g/mol. The van der Waals surface area contributed by atoms with Crippen LogP contribution in [0.25, 0.3) is 5.69 Å².